The minimum Gasteiger partial charge on any atom is -0.450 e. The van der Waals surface area contributed by atoms with Crippen molar-refractivity contribution in [2.24, 2.45) is 4.99 Å². The van der Waals surface area contributed by atoms with Gasteiger partial charge in [-0.15, -0.1) is 0 Å². The number of fused-ring (bicyclic) bond motifs is 4. The van der Waals surface area contributed by atoms with Crippen LogP contribution in [0, 0.1) is 0 Å². The molecule has 0 spiro atoms. The van der Waals surface area contributed by atoms with Crippen LogP contribution in [0.1, 0.15) is 12.0 Å². The van der Waals surface area contributed by atoms with E-state index in [0.717, 1.165) is 7.11 Å². The first-order valence-corrected chi connectivity index (χ1v) is 25.4. The Morgan fingerprint density at radius 2 is 1.43 bits per heavy atom. The highest BCUT2D eigenvalue weighted by Crippen LogP contribution is 2.55. The van der Waals surface area contributed by atoms with Crippen LogP contribution in [0.4, 0.5) is 11.4 Å². The number of anilines is 2. The van der Waals surface area contributed by atoms with Crippen LogP contribution in [0.25, 0.3) is 22.6 Å². The molecule has 0 atom stereocenters. The minimum absolute atomic E-state index is 0.0589. The summed E-state index contributed by atoms with van der Waals surface area (Å²) in [4.78, 5) is 7.77. The number of hydrogen-bond acceptors (Lipinski definition) is 20. The lowest BCUT2D eigenvalue weighted by atomic mass is 10.1. The number of benzene rings is 3. The topological polar surface area (TPSA) is 317 Å². The summed E-state index contributed by atoms with van der Waals surface area (Å²) in [6.45, 7) is -1.95. The molecule has 0 radical (unpaired) electrons. The maximum atomic E-state index is 13.9. The van der Waals surface area contributed by atoms with Gasteiger partial charge in [-0.2, -0.15) is 25.3 Å². The first kappa shape index (κ1) is 47.8. The second kappa shape index (κ2) is 19.0. The van der Waals surface area contributed by atoms with E-state index in [9.17, 15) is 42.1 Å². The predicted octanol–water partition coefficient (Wildman–Crippen LogP) is 2.75. The summed E-state index contributed by atoms with van der Waals surface area (Å²) in [5.41, 5.74) is -0.315. The molecule has 0 amide bonds. The molecular weight excluding hydrogens is 950 g/mol. The Bertz CT molecular complexity index is 2890. The monoisotopic (exact) mass is 983 g/mol. The van der Waals surface area contributed by atoms with Crippen molar-refractivity contribution in [3.8, 4) is 23.0 Å². The summed E-state index contributed by atoms with van der Waals surface area (Å²) >= 11 is 13.7. The zero-order valence-electron chi connectivity index (χ0n) is 31.1. The van der Waals surface area contributed by atoms with E-state index in [-0.39, 0.29) is 91.7 Å². The molecular formula is C31H35Cl2N3O19S5. The van der Waals surface area contributed by atoms with Crippen LogP contribution in [-0.4, -0.2) is 127 Å². The normalized spacial score (nSPS) is 13.9. The highest BCUT2D eigenvalue weighted by molar-refractivity contribution is 7.92. The number of hydrogen-bond donors (Lipinski definition) is 3. The highest BCUT2D eigenvalue weighted by atomic mass is 35.5. The van der Waals surface area contributed by atoms with Gasteiger partial charge in [0.25, 0.3) is 20.2 Å². The van der Waals surface area contributed by atoms with Crippen LogP contribution in [-0.2, 0) is 79.3 Å². The summed E-state index contributed by atoms with van der Waals surface area (Å²) < 4.78 is 177. The van der Waals surface area contributed by atoms with E-state index in [4.69, 9.17) is 55.7 Å². The molecule has 0 bridgehead atoms. The second-order valence-corrected chi connectivity index (χ2v) is 21.4. The third-order valence-electron chi connectivity index (χ3n) is 8.11. The maximum absolute atomic E-state index is 13.9. The Morgan fingerprint density at radius 3 is 2.08 bits per heavy atom. The fourth-order valence-electron chi connectivity index (χ4n) is 5.62. The van der Waals surface area contributed by atoms with Crippen LogP contribution >= 0.6 is 23.2 Å². The molecule has 0 aromatic heterocycles. The van der Waals surface area contributed by atoms with Gasteiger partial charge in [0.1, 0.15) is 36.7 Å². The van der Waals surface area contributed by atoms with Crippen LogP contribution in [0.15, 0.2) is 43.5 Å². The van der Waals surface area contributed by atoms with Crippen molar-refractivity contribution in [3.63, 3.8) is 0 Å². The van der Waals surface area contributed by atoms with Gasteiger partial charge in [0.05, 0.1) is 56.0 Å². The van der Waals surface area contributed by atoms with E-state index in [2.05, 4.69) is 23.7 Å². The zero-order chi connectivity index (χ0) is 44.3. The molecule has 2 aliphatic heterocycles. The molecule has 2 aromatic carbocycles. The van der Waals surface area contributed by atoms with E-state index < -0.39 is 97.6 Å². The summed E-state index contributed by atoms with van der Waals surface area (Å²) in [6.07, 6.45) is 0.573. The Labute approximate surface area is 353 Å². The number of nitrogens with one attached hydrogen (secondary N) is 1. The van der Waals surface area contributed by atoms with Gasteiger partial charge in [-0.1, -0.05) is 29.3 Å². The van der Waals surface area contributed by atoms with Gasteiger partial charge in [0.15, 0.2) is 54.4 Å². The largest absolute Gasteiger partial charge is 0.450 e. The summed E-state index contributed by atoms with van der Waals surface area (Å²) in [5, 5.41) is 2.19. The molecule has 2 heterocycles. The number of sulfone groups is 2. The lowest BCUT2D eigenvalue weighted by Crippen LogP contribution is -2.24. The van der Waals surface area contributed by atoms with Crippen LogP contribution in [0.5, 0.6) is 11.5 Å². The zero-order valence-corrected chi connectivity index (χ0v) is 36.7. The predicted molar refractivity (Wildman–Crippen MR) is 212 cm³/mol. The molecule has 0 saturated heterocycles. The lowest BCUT2D eigenvalue weighted by Gasteiger charge is -2.27. The van der Waals surface area contributed by atoms with Crippen molar-refractivity contribution in [1.82, 2.24) is 4.98 Å². The van der Waals surface area contributed by atoms with Gasteiger partial charge in [0, 0.05) is 13.7 Å². The van der Waals surface area contributed by atoms with Crippen LogP contribution < -0.4 is 15.4 Å². The maximum Gasteiger partial charge on any atom is 0.399 e. The second-order valence-electron chi connectivity index (χ2n) is 12.4. The Hall–Kier alpha value is -3.29. The van der Waals surface area contributed by atoms with Crippen molar-refractivity contribution in [2.45, 2.75) is 22.6 Å². The summed E-state index contributed by atoms with van der Waals surface area (Å²) in [7, 11) is -20.2. The van der Waals surface area contributed by atoms with Crippen molar-refractivity contribution >= 4 is 96.0 Å². The van der Waals surface area contributed by atoms with Crippen LogP contribution in [0.2, 0.25) is 10.0 Å². The van der Waals surface area contributed by atoms with E-state index in [1.165, 1.54) is 31.4 Å². The Morgan fingerprint density at radius 1 is 0.783 bits per heavy atom. The quantitative estimate of drug-likeness (QED) is 0.0541. The Balaban J connectivity index is 1.64. The van der Waals surface area contributed by atoms with E-state index in [1.807, 2.05) is 0 Å². The molecule has 0 fully saturated rings. The van der Waals surface area contributed by atoms with Crippen molar-refractivity contribution < 1.29 is 82.9 Å². The third kappa shape index (κ3) is 11.6. The number of aromatic nitrogens is 1. The SMILES string of the molecule is COCCCc1ccc2c(c1S(=O)(=O)CCOS(=O)(=O)OC)Oc1c(c(Cl)c3oc4c(S(=O)(=O)CCOCS(=O)(=O)O)c(=NCCOCS(=O)(=O)O)ccc-4nc3c1Cl)N2. The van der Waals surface area contributed by atoms with E-state index in [0.29, 0.717) is 6.42 Å². The summed E-state index contributed by atoms with van der Waals surface area (Å²) in [6, 6.07) is 5.52. The lowest BCUT2D eigenvalue weighted by molar-refractivity contribution is 0.178. The molecule has 60 heavy (non-hydrogen) atoms. The molecule has 332 valence electrons. The average molecular weight is 985 g/mol. The van der Waals surface area contributed by atoms with Gasteiger partial charge < -0.3 is 28.7 Å². The van der Waals surface area contributed by atoms with E-state index >= 15 is 0 Å². The number of methoxy groups -OCH3 is 1. The number of halogens is 2. The molecule has 3 N–H and O–H groups in total. The fraction of sp³-hybridized carbons (Fsp3) is 0.419. The van der Waals surface area contributed by atoms with Gasteiger partial charge in [-0.05, 0) is 36.6 Å². The number of rotatable bonds is 21. The third-order valence-corrected chi connectivity index (χ3v) is 14.1. The molecule has 22 nitrogen and oxygen atoms in total. The first-order valence-electron chi connectivity index (χ1n) is 16.8. The smallest absolute Gasteiger partial charge is 0.399 e. The van der Waals surface area contributed by atoms with Gasteiger partial charge in [-0.25, -0.2) is 26.0 Å². The van der Waals surface area contributed by atoms with Crippen LogP contribution in [0.3, 0.4) is 0 Å². The highest BCUT2D eigenvalue weighted by Gasteiger charge is 2.35. The van der Waals surface area contributed by atoms with Crippen molar-refractivity contribution in [1.29, 1.82) is 0 Å². The Kier molecular flexibility index (Phi) is 15.1. The number of nitrogens with zero attached hydrogens (tertiary/aromatic N) is 2. The van der Waals surface area contributed by atoms with Gasteiger partial charge >= 0.3 is 10.4 Å². The molecule has 0 unspecified atom stereocenters. The average Bonchev–Trinajstić information content (AvgIpc) is 3.16. The van der Waals surface area contributed by atoms with Crippen molar-refractivity contribution in [2.75, 3.05) is 75.9 Å². The number of aryl methyl sites for hydroxylation is 1. The number of ether oxygens (including phenoxy) is 4. The first-order chi connectivity index (χ1) is 28.0. The molecule has 3 aliphatic rings. The molecule has 0 saturated carbocycles. The standard InChI is InChI=1S/C31H35Cl2N3O19S5/c1-49-10-3-4-18-5-6-19-26(30(18)56(37,38)15-13-53-60(47,48)50-2)54-28-22(32)25-29(23(33)24(28)35-19)55-27-20(36-25)7-8-21(34-9-11-51-16-58(41,42)43)31(27)57(39,40)14-12-52-17-59(44,45)46/h5-8,35H,3-4,9-17H2,1-2H3,(H,41,42,43)(H,44,45,46). The summed E-state index contributed by atoms with van der Waals surface area (Å²) in [5.74, 6) is -4.80. The molecule has 2 aromatic rings. The van der Waals surface area contributed by atoms with Gasteiger partial charge in [0.2, 0.25) is 0 Å². The minimum atomic E-state index is -4.61. The molecule has 5 rings (SSSR count). The molecule has 1 aliphatic carbocycles. The van der Waals surface area contributed by atoms with E-state index in [1.54, 1.807) is 0 Å². The fourth-order valence-corrected chi connectivity index (χ4v) is 10.2. The van der Waals surface area contributed by atoms with Crippen molar-refractivity contribution in [3.05, 3.63) is 45.2 Å². The van der Waals surface area contributed by atoms with Gasteiger partial charge in [-0.3, -0.25) is 18.3 Å². The molecule has 29 heteroatoms.